The van der Waals surface area contributed by atoms with E-state index in [4.69, 9.17) is 5.26 Å². The van der Waals surface area contributed by atoms with Crippen molar-refractivity contribution in [3.63, 3.8) is 0 Å². The number of benzene rings is 1. The van der Waals surface area contributed by atoms with E-state index in [1.54, 1.807) is 0 Å². The molecule has 13 heavy (non-hydrogen) atoms. The summed E-state index contributed by atoms with van der Waals surface area (Å²) in [6, 6.07) is 10.7. The molecular weight excluding hydrogens is 160 g/mol. The van der Waals surface area contributed by atoms with Gasteiger partial charge in [-0.2, -0.15) is 5.26 Å². The Bertz CT molecular complexity index is 311. The van der Waals surface area contributed by atoms with Gasteiger partial charge in [-0.25, -0.2) is 0 Å². The average molecular weight is 172 g/mol. The van der Waals surface area contributed by atoms with Crippen molar-refractivity contribution >= 4 is 0 Å². The second-order valence-corrected chi connectivity index (χ2v) is 3.37. The molecule has 0 bridgehead atoms. The SMILES string of the molecule is N#C[C@H]1CCc2ccccc2CN1. The molecule has 1 N–H and O–H groups in total. The predicted octanol–water partition coefficient (Wildman–Crippen LogP) is 1.61. The number of nitrogens with one attached hydrogen (secondary N) is 1. The number of fused-ring (bicyclic) bond motifs is 1. The first-order valence-electron chi connectivity index (χ1n) is 4.60. The Labute approximate surface area is 78.2 Å². The molecule has 0 aromatic heterocycles. The van der Waals surface area contributed by atoms with Crippen molar-refractivity contribution < 1.29 is 0 Å². The van der Waals surface area contributed by atoms with Gasteiger partial charge in [-0.1, -0.05) is 24.3 Å². The third kappa shape index (κ3) is 1.71. The molecule has 0 spiro atoms. The zero-order valence-corrected chi connectivity index (χ0v) is 7.46. The van der Waals surface area contributed by atoms with E-state index in [2.05, 4.69) is 29.6 Å². The molecule has 1 aromatic carbocycles. The lowest BCUT2D eigenvalue weighted by Gasteiger charge is -2.04. The van der Waals surface area contributed by atoms with Crippen LogP contribution < -0.4 is 5.32 Å². The van der Waals surface area contributed by atoms with Crippen LogP contribution in [-0.4, -0.2) is 6.04 Å². The number of aryl methyl sites for hydroxylation is 1. The van der Waals surface area contributed by atoms with E-state index >= 15 is 0 Å². The van der Waals surface area contributed by atoms with Crippen molar-refractivity contribution in [3.05, 3.63) is 35.4 Å². The Hall–Kier alpha value is -1.33. The standard InChI is InChI=1S/C11H12N2/c12-7-11-6-5-9-3-1-2-4-10(9)8-13-11/h1-4,11,13H,5-6,8H2/t11-/m1/s1. The summed E-state index contributed by atoms with van der Waals surface area (Å²) in [7, 11) is 0. The van der Waals surface area contributed by atoms with E-state index in [-0.39, 0.29) is 6.04 Å². The van der Waals surface area contributed by atoms with Crippen molar-refractivity contribution in [2.24, 2.45) is 0 Å². The topological polar surface area (TPSA) is 35.8 Å². The first-order valence-corrected chi connectivity index (χ1v) is 4.60. The monoisotopic (exact) mass is 172 g/mol. The predicted molar refractivity (Wildman–Crippen MR) is 51.0 cm³/mol. The lowest BCUT2D eigenvalue weighted by Crippen LogP contribution is -2.25. The highest BCUT2D eigenvalue weighted by molar-refractivity contribution is 5.28. The van der Waals surface area contributed by atoms with Gasteiger partial charge in [0.1, 0.15) is 0 Å². The summed E-state index contributed by atoms with van der Waals surface area (Å²) in [6.07, 6.45) is 1.94. The number of rotatable bonds is 0. The van der Waals surface area contributed by atoms with Crippen molar-refractivity contribution in [1.29, 1.82) is 5.26 Å². The molecule has 0 saturated carbocycles. The van der Waals surface area contributed by atoms with Crippen LogP contribution in [-0.2, 0) is 13.0 Å². The van der Waals surface area contributed by atoms with Crippen LogP contribution in [0.4, 0.5) is 0 Å². The third-order valence-corrected chi connectivity index (χ3v) is 2.52. The van der Waals surface area contributed by atoms with Crippen molar-refractivity contribution in [1.82, 2.24) is 5.32 Å². The van der Waals surface area contributed by atoms with Crippen molar-refractivity contribution in [2.75, 3.05) is 0 Å². The fraction of sp³-hybridized carbons (Fsp3) is 0.364. The maximum Gasteiger partial charge on any atom is 0.0958 e. The van der Waals surface area contributed by atoms with E-state index in [0.717, 1.165) is 19.4 Å². The normalized spacial score (nSPS) is 21.3. The van der Waals surface area contributed by atoms with Gasteiger partial charge in [0, 0.05) is 6.54 Å². The quantitative estimate of drug-likeness (QED) is 0.645. The van der Waals surface area contributed by atoms with Gasteiger partial charge in [0.15, 0.2) is 0 Å². The van der Waals surface area contributed by atoms with Crippen LogP contribution in [0.3, 0.4) is 0 Å². The molecule has 0 aliphatic carbocycles. The summed E-state index contributed by atoms with van der Waals surface area (Å²) in [6.45, 7) is 0.828. The Morgan fingerprint density at radius 2 is 2.08 bits per heavy atom. The molecule has 1 aliphatic rings. The molecule has 1 aromatic rings. The second kappa shape index (κ2) is 3.59. The van der Waals surface area contributed by atoms with Gasteiger partial charge in [-0.15, -0.1) is 0 Å². The minimum atomic E-state index is 0.0207. The molecule has 1 aliphatic heterocycles. The van der Waals surface area contributed by atoms with Crippen molar-refractivity contribution in [2.45, 2.75) is 25.4 Å². The summed E-state index contributed by atoms with van der Waals surface area (Å²) in [5.74, 6) is 0. The number of nitriles is 1. The largest absolute Gasteiger partial charge is 0.298 e. The minimum Gasteiger partial charge on any atom is -0.298 e. The first-order chi connectivity index (χ1) is 6.40. The lowest BCUT2D eigenvalue weighted by molar-refractivity contribution is 0.588. The first kappa shape index (κ1) is 8.28. The molecule has 0 amide bonds. The fourth-order valence-electron chi connectivity index (χ4n) is 1.72. The maximum atomic E-state index is 8.78. The smallest absolute Gasteiger partial charge is 0.0958 e. The van der Waals surface area contributed by atoms with E-state index in [9.17, 15) is 0 Å². The van der Waals surface area contributed by atoms with Gasteiger partial charge in [-0.3, -0.25) is 5.32 Å². The average Bonchev–Trinajstić information content (AvgIpc) is 2.39. The molecule has 0 radical (unpaired) electrons. The third-order valence-electron chi connectivity index (χ3n) is 2.52. The van der Waals surface area contributed by atoms with Crippen LogP contribution in [0.15, 0.2) is 24.3 Å². The summed E-state index contributed by atoms with van der Waals surface area (Å²) in [5.41, 5.74) is 2.72. The molecule has 0 saturated heterocycles. The van der Waals surface area contributed by atoms with Crippen LogP contribution in [0.5, 0.6) is 0 Å². The molecular formula is C11H12N2. The van der Waals surface area contributed by atoms with Gasteiger partial charge in [0.25, 0.3) is 0 Å². The molecule has 2 rings (SSSR count). The fourth-order valence-corrected chi connectivity index (χ4v) is 1.72. The van der Waals surface area contributed by atoms with Gasteiger partial charge < -0.3 is 0 Å². The highest BCUT2D eigenvalue weighted by Crippen LogP contribution is 2.15. The Balaban J connectivity index is 2.22. The minimum absolute atomic E-state index is 0.0207. The molecule has 2 heteroatoms. The molecule has 2 nitrogen and oxygen atoms in total. The van der Waals surface area contributed by atoms with E-state index in [0.29, 0.717) is 0 Å². The summed E-state index contributed by atoms with van der Waals surface area (Å²) in [5, 5.41) is 12.0. The van der Waals surface area contributed by atoms with Gasteiger partial charge >= 0.3 is 0 Å². The number of hydrogen-bond acceptors (Lipinski definition) is 2. The van der Waals surface area contributed by atoms with E-state index in [1.807, 2.05) is 6.07 Å². The van der Waals surface area contributed by atoms with E-state index in [1.165, 1.54) is 11.1 Å². The zero-order chi connectivity index (χ0) is 9.10. The molecule has 0 fully saturated rings. The maximum absolute atomic E-state index is 8.78. The summed E-state index contributed by atoms with van der Waals surface area (Å²) < 4.78 is 0. The van der Waals surface area contributed by atoms with E-state index < -0.39 is 0 Å². The van der Waals surface area contributed by atoms with Gasteiger partial charge in [0.2, 0.25) is 0 Å². The zero-order valence-electron chi connectivity index (χ0n) is 7.46. The van der Waals surface area contributed by atoms with Crippen LogP contribution in [0.2, 0.25) is 0 Å². The summed E-state index contributed by atoms with van der Waals surface area (Å²) >= 11 is 0. The van der Waals surface area contributed by atoms with Crippen LogP contribution in [0, 0.1) is 11.3 Å². The van der Waals surface area contributed by atoms with Crippen LogP contribution in [0.1, 0.15) is 17.5 Å². The second-order valence-electron chi connectivity index (χ2n) is 3.37. The van der Waals surface area contributed by atoms with Gasteiger partial charge in [0.05, 0.1) is 12.1 Å². The lowest BCUT2D eigenvalue weighted by atomic mass is 10.0. The van der Waals surface area contributed by atoms with Crippen LogP contribution in [0.25, 0.3) is 0 Å². The van der Waals surface area contributed by atoms with Gasteiger partial charge in [-0.05, 0) is 24.0 Å². The molecule has 1 atom stereocenters. The number of hydrogen-bond donors (Lipinski definition) is 1. The highest BCUT2D eigenvalue weighted by Gasteiger charge is 2.13. The molecule has 0 unspecified atom stereocenters. The molecule has 66 valence electrons. The summed E-state index contributed by atoms with van der Waals surface area (Å²) in [4.78, 5) is 0. The Morgan fingerprint density at radius 1 is 1.31 bits per heavy atom. The Kier molecular flexibility index (Phi) is 2.29. The highest BCUT2D eigenvalue weighted by atomic mass is 14.9. The molecule has 1 heterocycles. The van der Waals surface area contributed by atoms with Crippen LogP contribution >= 0.6 is 0 Å². The Morgan fingerprint density at radius 3 is 2.85 bits per heavy atom. The van der Waals surface area contributed by atoms with Crippen molar-refractivity contribution in [3.8, 4) is 6.07 Å². The number of nitrogens with zero attached hydrogens (tertiary/aromatic N) is 1.